The number of unbranched alkanes of at least 4 members (excludes halogenated alkanes) is 3. The minimum atomic E-state index is 0.983. The van der Waals surface area contributed by atoms with E-state index in [1.54, 1.807) is 17.2 Å². The monoisotopic (exact) mass is 244 g/mol. The van der Waals surface area contributed by atoms with Crippen LogP contribution in [0.3, 0.4) is 0 Å². The highest BCUT2D eigenvalue weighted by molar-refractivity contribution is 5.47. The Labute approximate surface area is 108 Å². The molecule has 0 saturated carbocycles. The van der Waals surface area contributed by atoms with Crippen LogP contribution < -0.4 is 5.32 Å². The van der Waals surface area contributed by atoms with Gasteiger partial charge in [0, 0.05) is 12.2 Å². The maximum atomic E-state index is 4.10. The molecule has 96 valence electrons. The molecule has 2 aromatic rings. The zero-order valence-electron chi connectivity index (χ0n) is 10.8. The Balaban J connectivity index is 1.81. The molecule has 0 aliphatic rings. The van der Waals surface area contributed by atoms with E-state index < -0.39 is 0 Å². The molecule has 1 heterocycles. The quantitative estimate of drug-likeness (QED) is 0.760. The smallest absolute Gasteiger partial charge is 0.0858 e. The standard InChI is InChI=1S/C14H20N4/c1-2-3-4-5-10-15-13-6-8-14(9-7-13)18-16-11-12-17-18/h6-9,11-12,15H,2-5,10H2,1H3. The number of anilines is 1. The number of nitrogens with zero attached hydrogens (tertiary/aromatic N) is 3. The van der Waals surface area contributed by atoms with Crippen LogP contribution in [0.25, 0.3) is 5.69 Å². The lowest BCUT2D eigenvalue weighted by atomic mass is 10.2. The topological polar surface area (TPSA) is 42.7 Å². The number of benzene rings is 1. The fourth-order valence-electron chi connectivity index (χ4n) is 1.85. The van der Waals surface area contributed by atoms with Gasteiger partial charge in [-0.15, -0.1) is 0 Å². The average Bonchev–Trinajstić information content (AvgIpc) is 2.93. The Morgan fingerprint density at radius 1 is 1.00 bits per heavy atom. The van der Waals surface area contributed by atoms with Gasteiger partial charge in [-0.2, -0.15) is 15.0 Å². The molecule has 0 unspecified atom stereocenters. The zero-order valence-corrected chi connectivity index (χ0v) is 10.8. The van der Waals surface area contributed by atoms with Gasteiger partial charge in [-0.05, 0) is 30.7 Å². The Kier molecular flexibility index (Phi) is 4.76. The first-order chi connectivity index (χ1) is 8.90. The predicted molar refractivity (Wildman–Crippen MR) is 74.0 cm³/mol. The maximum absolute atomic E-state index is 4.10. The summed E-state index contributed by atoms with van der Waals surface area (Å²) in [6.07, 6.45) is 8.51. The van der Waals surface area contributed by atoms with Gasteiger partial charge in [-0.1, -0.05) is 26.2 Å². The first-order valence-corrected chi connectivity index (χ1v) is 6.61. The molecule has 4 heteroatoms. The highest BCUT2D eigenvalue weighted by atomic mass is 15.5. The van der Waals surface area contributed by atoms with E-state index in [0.29, 0.717) is 0 Å². The number of aromatic nitrogens is 3. The van der Waals surface area contributed by atoms with Crippen molar-refractivity contribution in [1.29, 1.82) is 0 Å². The van der Waals surface area contributed by atoms with Crippen LogP contribution in [0.5, 0.6) is 0 Å². The molecule has 0 radical (unpaired) electrons. The van der Waals surface area contributed by atoms with Crippen molar-refractivity contribution in [3.63, 3.8) is 0 Å². The van der Waals surface area contributed by atoms with Gasteiger partial charge in [-0.3, -0.25) is 0 Å². The third kappa shape index (κ3) is 3.58. The maximum Gasteiger partial charge on any atom is 0.0858 e. The molecule has 0 spiro atoms. The predicted octanol–water partition coefficient (Wildman–Crippen LogP) is 3.26. The van der Waals surface area contributed by atoms with E-state index in [4.69, 9.17) is 0 Å². The van der Waals surface area contributed by atoms with Crippen molar-refractivity contribution in [2.45, 2.75) is 32.6 Å². The normalized spacial score (nSPS) is 10.5. The minimum Gasteiger partial charge on any atom is -0.385 e. The first-order valence-electron chi connectivity index (χ1n) is 6.61. The van der Waals surface area contributed by atoms with Gasteiger partial charge in [-0.25, -0.2) is 0 Å². The molecular formula is C14H20N4. The van der Waals surface area contributed by atoms with Crippen molar-refractivity contribution in [3.05, 3.63) is 36.7 Å². The minimum absolute atomic E-state index is 0.983. The molecule has 0 saturated heterocycles. The molecular weight excluding hydrogens is 224 g/mol. The summed E-state index contributed by atoms with van der Waals surface area (Å²) in [4.78, 5) is 1.62. The summed E-state index contributed by atoms with van der Waals surface area (Å²) in [7, 11) is 0. The van der Waals surface area contributed by atoms with Gasteiger partial charge in [0.15, 0.2) is 0 Å². The first kappa shape index (κ1) is 12.6. The molecule has 2 rings (SSSR count). The van der Waals surface area contributed by atoms with Gasteiger partial charge < -0.3 is 5.32 Å². The van der Waals surface area contributed by atoms with Crippen molar-refractivity contribution < 1.29 is 0 Å². The van der Waals surface area contributed by atoms with Crippen molar-refractivity contribution in [2.75, 3.05) is 11.9 Å². The summed E-state index contributed by atoms with van der Waals surface area (Å²) in [5, 5.41) is 11.6. The van der Waals surface area contributed by atoms with Crippen LogP contribution in [0.15, 0.2) is 36.7 Å². The fourth-order valence-corrected chi connectivity index (χ4v) is 1.85. The van der Waals surface area contributed by atoms with Crippen LogP contribution in [0, 0.1) is 0 Å². The highest BCUT2D eigenvalue weighted by Gasteiger charge is 1.97. The summed E-state index contributed by atoms with van der Waals surface area (Å²) >= 11 is 0. The molecule has 1 aromatic heterocycles. The molecule has 0 fully saturated rings. The summed E-state index contributed by atoms with van der Waals surface area (Å²) in [5.41, 5.74) is 2.14. The van der Waals surface area contributed by atoms with Gasteiger partial charge >= 0.3 is 0 Å². The van der Waals surface area contributed by atoms with Crippen molar-refractivity contribution in [3.8, 4) is 5.69 Å². The molecule has 0 amide bonds. The lowest BCUT2D eigenvalue weighted by Crippen LogP contribution is -2.02. The Hall–Kier alpha value is -1.84. The zero-order chi connectivity index (χ0) is 12.6. The fraction of sp³-hybridized carbons (Fsp3) is 0.429. The molecule has 0 aliphatic heterocycles. The van der Waals surface area contributed by atoms with Gasteiger partial charge in [0.05, 0.1) is 18.1 Å². The number of hydrogen-bond donors (Lipinski definition) is 1. The second-order valence-corrected chi connectivity index (χ2v) is 4.35. The van der Waals surface area contributed by atoms with E-state index in [-0.39, 0.29) is 0 Å². The molecule has 4 nitrogen and oxygen atoms in total. The van der Waals surface area contributed by atoms with Crippen LogP contribution in [0.2, 0.25) is 0 Å². The summed E-state index contributed by atoms with van der Waals surface area (Å²) in [5.74, 6) is 0. The highest BCUT2D eigenvalue weighted by Crippen LogP contribution is 2.12. The van der Waals surface area contributed by atoms with E-state index in [9.17, 15) is 0 Å². The van der Waals surface area contributed by atoms with E-state index in [0.717, 1.165) is 17.9 Å². The lowest BCUT2D eigenvalue weighted by Gasteiger charge is -2.07. The summed E-state index contributed by atoms with van der Waals surface area (Å²) < 4.78 is 0. The van der Waals surface area contributed by atoms with Crippen LogP contribution >= 0.6 is 0 Å². The van der Waals surface area contributed by atoms with E-state index in [1.165, 1.54) is 25.7 Å². The SMILES string of the molecule is CCCCCCNc1ccc(-n2nccn2)cc1. The van der Waals surface area contributed by atoms with Crippen LogP contribution in [-0.4, -0.2) is 21.5 Å². The number of rotatable bonds is 7. The van der Waals surface area contributed by atoms with Crippen LogP contribution in [-0.2, 0) is 0 Å². The Morgan fingerprint density at radius 2 is 1.72 bits per heavy atom. The second-order valence-electron chi connectivity index (χ2n) is 4.35. The molecule has 0 atom stereocenters. The largest absolute Gasteiger partial charge is 0.385 e. The van der Waals surface area contributed by atoms with E-state index in [2.05, 4.69) is 34.6 Å². The molecule has 0 aliphatic carbocycles. The van der Waals surface area contributed by atoms with Crippen LogP contribution in [0.1, 0.15) is 32.6 Å². The number of nitrogens with one attached hydrogen (secondary N) is 1. The summed E-state index contributed by atoms with van der Waals surface area (Å²) in [6.45, 7) is 3.27. The molecule has 1 aromatic carbocycles. The van der Waals surface area contributed by atoms with E-state index in [1.807, 2.05) is 12.1 Å². The van der Waals surface area contributed by atoms with Gasteiger partial charge in [0.25, 0.3) is 0 Å². The summed E-state index contributed by atoms with van der Waals surface area (Å²) in [6, 6.07) is 8.18. The number of hydrogen-bond acceptors (Lipinski definition) is 3. The van der Waals surface area contributed by atoms with Gasteiger partial charge in [0.1, 0.15) is 0 Å². The average molecular weight is 244 g/mol. The van der Waals surface area contributed by atoms with Crippen molar-refractivity contribution in [1.82, 2.24) is 15.0 Å². The third-order valence-electron chi connectivity index (χ3n) is 2.88. The van der Waals surface area contributed by atoms with Gasteiger partial charge in [0.2, 0.25) is 0 Å². The van der Waals surface area contributed by atoms with Crippen molar-refractivity contribution in [2.24, 2.45) is 0 Å². The van der Waals surface area contributed by atoms with Crippen LogP contribution in [0.4, 0.5) is 5.69 Å². The molecule has 18 heavy (non-hydrogen) atoms. The van der Waals surface area contributed by atoms with Crippen molar-refractivity contribution >= 4 is 5.69 Å². The second kappa shape index (κ2) is 6.79. The molecule has 0 bridgehead atoms. The third-order valence-corrected chi connectivity index (χ3v) is 2.88. The Morgan fingerprint density at radius 3 is 2.39 bits per heavy atom. The lowest BCUT2D eigenvalue weighted by molar-refractivity contribution is 0.685. The van der Waals surface area contributed by atoms with E-state index >= 15 is 0 Å². The Bertz CT molecular complexity index is 433. The molecule has 1 N–H and O–H groups in total.